The molecule has 1 rings (SSSR count). The van der Waals surface area contributed by atoms with Crippen LogP contribution in [0.15, 0.2) is 4.52 Å². The van der Waals surface area contributed by atoms with E-state index in [-0.39, 0.29) is 13.1 Å². The number of nitrogens with zero attached hydrogens (tertiary/aromatic N) is 2. The summed E-state index contributed by atoms with van der Waals surface area (Å²) in [6.07, 6.45) is -1.63. The van der Waals surface area contributed by atoms with Crippen LogP contribution in [0.2, 0.25) is 0 Å². The first-order valence-electron chi connectivity index (χ1n) is 4.71. The largest absolute Gasteiger partial charge is 0.479 e. The van der Waals surface area contributed by atoms with Gasteiger partial charge in [0.1, 0.15) is 0 Å². The highest BCUT2D eigenvalue weighted by atomic mass is 16.5. The highest BCUT2D eigenvalue weighted by Gasteiger charge is 2.14. The molecule has 9 heteroatoms. The number of urea groups is 1. The Balaban J connectivity index is 2.24. The van der Waals surface area contributed by atoms with Crippen LogP contribution in [0.5, 0.6) is 0 Å². The summed E-state index contributed by atoms with van der Waals surface area (Å²) in [5.41, 5.74) is 0. The number of carboxylic acids is 1. The van der Waals surface area contributed by atoms with E-state index in [1.807, 2.05) is 0 Å². The van der Waals surface area contributed by atoms with E-state index in [4.69, 9.17) is 10.2 Å². The van der Waals surface area contributed by atoms with Gasteiger partial charge in [0, 0.05) is 6.92 Å². The zero-order chi connectivity index (χ0) is 12.8. The summed E-state index contributed by atoms with van der Waals surface area (Å²) in [5, 5.41) is 25.3. The van der Waals surface area contributed by atoms with Crippen LogP contribution in [0.3, 0.4) is 0 Å². The molecule has 1 aromatic rings. The van der Waals surface area contributed by atoms with E-state index in [1.54, 1.807) is 6.92 Å². The van der Waals surface area contributed by atoms with Crippen molar-refractivity contribution in [3.05, 3.63) is 11.7 Å². The first kappa shape index (κ1) is 12.9. The molecule has 1 atom stereocenters. The van der Waals surface area contributed by atoms with Gasteiger partial charge < -0.3 is 25.4 Å². The molecule has 1 aromatic heterocycles. The molecular formula is C8H12N4O5. The minimum Gasteiger partial charge on any atom is -0.479 e. The van der Waals surface area contributed by atoms with Gasteiger partial charge in [-0.1, -0.05) is 5.16 Å². The van der Waals surface area contributed by atoms with Crippen LogP contribution in [0, 0.1) is 6.92 Å². The van der Waals surface area contributed by atoms with Crippen LogP contribution in [0.25, 0.3) is 0 Å². The number of carbonyl (C=O) groups excluding carboxylic acids is 1. The molecule has 0 spiro atoms. The average Bonchev–Trinajstić information content (AvgIpc) is 2.69. The van der Waals surface area contributed by atoms with Gasteiger partial charge >= 0.3 is 12.0 Å². The quantitative estimate of drug-likeness (QED) is 0.501. The Morgan fingerprint density at radius 2 is 2.18 bits per heavy atom. The minimum atomic E-state index is -1.63. The highest BCUT2D eigenvalue weighted by molar-refractivity contribution is 5.76. The lowest BCUT2D eigenvalue weighted by Crippen LogP contribution is -2.41. The van der Waals surface area contributed by atoms with Gasteiger partial charge in [-0.3, -0.25) is 0 Å². The number of aliphatic hydroxyl groups is 1. The lowest BCUT2D eigenvalue weighted by Gasteiger charge is -2.07. The van der Waals surface area contributed by atoms with Crippen molar-refractivity contribution in [2.24, 2.45) is 0 Å². The Bertz CT molecular complexity index is 404. The molecule has 4 N–H and O–H groups in total. The van der Waals surface area contributed by atoms with Crippen LogP contribution in [-0.4, -0.2) is 45.0 Å². The van der Waals surface area contributed by atoms with E-state index in [2.05, 4.69) is 25.3 Å². The average molecular weight is 244 g/mol. The van der Waals surface area contributed by atoms with Gasteiger partial charge in [0.15, 0.2) is 11.9 Å². The number of carbonyl (C=O) groups is 2. The van der Waals surface area contributed by atoms with Gasteiger partial charge in [-0.2, -0.15) is 4.98 Å². The third-order valence-corrected chi connectivity index (χ3v) is 1.72. The molecule has 0 radical (unpaired) electrons. The maximum absolute atomic E-state index is 11.1. The second-order valence-electron chi connectivity index (χ2n) is 3.15. The second-order valence-corrected chi connectivity index (χ2v) is 3.15. The lowest BCUT2D eigenvalue weighted by atomic mass is 10.4. The summed E-state index contributed by atoms with van der Waals surface area (Å²) in [4.78, 5) is 25.2. The Morgan fingerprint density at radius 3 is 2.71 bits per heavy atom. The van der Waals surface area contributed by atoms with E-state index in [0.29, 0.717) is 11.7 Å². The summed E-state index contributed by atoms with van der Waals surface area (Å²) < 4.78 is 4.68. The van der Waals surface area contributed by atoms with Gasteiger partial charge in [0.25, 0.3) is 0 Å². The number of aryl methyl sites for hydroxylation is 1. The van der Waals surface area contributed by atoms with Crippen LogP contribution in [0.4, 0.5) is 4.79 Å². The molecule has 0 bridgehead atoms. The van der Waals surface area contributed by atoms with Crippen LogP contribution >= 0.6 is 0 Å². The first-order valence-corrected chi connectivity index (χ1v) is 4.71. The van der Waals surface area contributed by atoms with E-state index in [1.165, 1.54) is 0 Å². The zero-order valence-electron chi connectivity index (χ0n) is 9.01. The lowest BCUT2D eigenvalue weighted by molar-refractivity contribution is -0.146. The van der Waals surface area contributed by atoms with Crippen molar-refractivity contribution in [1.82, 2.24) is 20.8 Å². The second kappa shape index (κ2) is 5.80. The summed E-state index contributed by atoms with van der Waals surface area (Å²) in [5.74, 6) is -0.723. The normalized spacial score (nSPS) is 11.9. The third kappa shape index (κ3) is 4.47. The van der Waals surface area contributed by atoms with Crippen molar-refractivity contribution in [3.63, 3.8) is 0 Å². The molecule has 9 nitrogen and oxygen atoms in total. The van der Waals surface area contributed by atoms with Crippen molar-refractivity contribution >= 4 is 12.0 Å². The smallest absolute Gasteiger partial charge is 0.334 e. The number of nitrogens with one attached hydrogen (secondary N) is 2. The first-order chi connectivity index (χ1) is 7.99. The number of aromatic nitrogens is 2. The Hall–Kier alpha value is -2.16. The number of hydrogen-bond acceptors (Lipinski definition) is 6. The monoisotopic (exact) mass is 244 g/mol. The maximum Gasteiger partial charge on any atom is 0.334 e. The molecule has 0 saturated heterocycles. The Morgan fingerprint density at radius 1 is 1.47 bits per heavy atom. The summed E-state index contributed by atoms with van der Waals surface area (Å²) in [6, 6.07) is -0.632. The van der Waals surface area contributed by atoms with Crippen LogP contribution < -0.4 is 10.6 Å². The van der Waals surface area contributed by atoms with E-state index in [9.17, 15) is 9.59 Å². The number of carboxylic acid groups (broad SMARTS) is 1. The van der Waals surface area contributed by atoms with Gasteiger partial charge in [-0.15, -0.1) is 0 Å². The fraction of sp³-hybridized carbons (Fsp3) is 0.500. The maximum atomic E-state index is 11.1. The fourth-order valence-corrected chi connectivity index (χ4v) is 0.912. The van der Waals surface area contributed by atoms with Gasteiger partial charge in [0.05, 0.1) is 13.1 Å². The van der Waals surface area contributed by atoms with Crippen LogP contribution in [0.1, 0.15) is 11.7 Å². The molecule has 17 heavy (non-hydrogen) atoms. The standard InChI is InChI=1S/C8H12N4O5/c1-4-11-6(12-17-4)3-10-8(16)9-2-5(13)7(14)15/h5,13H,2-3H2,1H3,(H,14,15)(H2,9,10,16). The highest BCUT2D eigenvalue weighted by Crippen LogP contribution is 1.93. The molecule has 0 fully saturated rings. The van der Waals surface area contributed by atoms with Gasteiger partial charge in [0.2, 0.25) is 5.89 Å². The van der Waals surface area contributed by atoms with E-state index >= 15 is 0 Å². The SMILES string of the molecule is Cc1nc(CNC(=O)NCC(O)C(=O)O)no1. The number of aliphatic hydroxyl groups excluding tert-OH is 1. The predicted octanol–water partition coefficient (Wildman–Crippen LogP) is -1.38. The topological polar surface area (TPSA) is 138 Å². The summed E-state index contributed by atoms with van der Waals surface area (Å²) >= 11 is 0. The van der Waals surface area contributed by atoms with E-state index in [0.717, 1.165) is 0 Å². The molecule has 0 aliphatic heterocycles. The van der Waals surface area contributed by atoms with Crippen LogP contribution in [-0.2, 0) is 11.3 Å². The molecule has 0 aliphatic carbocycles. The van der Waals surface area contributed by atoms with Crippen molar-refractivity contribution in [1.29, 1.82) is 0 Å². The molecule has 0 saturated carbocycles. The number of rotatable bonds is 5. The molecule has 0 aromatic carbocycles. The molecule has 0 aliphatic rings. The van der Waals surface area contributed by atoms with Crippen molar-refractivity contribution in [2.45, 2.75) is 19.6 Å². The molecule has 2 amide bonds. The number of aliphatic carboxylic acids is 1. The molecule has 1 unspecified atom stereocenters. The van der Waals surface area contributed by atoms with Gasteiger partial charge in [-0.05, 0) is 0 Å². The van der Waals surface area contributed by atoms with Crippen molar-refractivity contribution in [3.8, 4) is 0 Å². The summed E-state index contributed by atoms with van der Waals surface area (Å²) in [7, 11) is 0. The number of amides is 2. The summed E-state index contributed by atoms with van der Waals surface area (Å²) in [6.45, 7) is 1.28. The molecule has 1 heterocycles. The van der Waals surface area contributed by atoms with Crippen molar-refractivity contribution in [2.75, 3.05) is 6.54 Å². The zero-order valence-corrected chi connectivity index (χ0v) is 9.01. The predicted molar refractivity (Wildman–Crippen MR) is 52.9 cm³/mol. The molecular weight excluding hydrogens is 232 g/mol. The Labute approximate surface area is 95.8 Å². The van der Waals surface area contributed by atoms with Gasteiger partial charge in [-0.25, -0.2) is 9.59 Å². The molecule has 94 valence electrons. The van der Waals surface area contributed by atoms with Crippen molar-refractivity contribution < 1.29 is 24.3 Å². The third-order valence-electron chi connectivity index (χ3n) is 1.72. The number of hydrogen-bond donors (Lipinski definition) is 4. The fourth-order valence-electron chi connectivity index (χ4n) is 0.912. The Kier molecular flexibility index (Phi) is 4.40. The van der Waals surface area contributed by atoms with E-state index < -0.39 is 18.1 Å². The minimum absolute atomic E-state index is 0.0480.